The molecule has 188 valence electrons. The molecule has 10 heteroatoms. The van der Waals surface area contributed by atoms with Gasteiger partial charge in [-0.3, -0.25) is 4.79 Å². The predicted octanol–water partition coefficient (Wildman–Crippen LogP) is 3.26. The Kier molecular flexibility index (Phi) is 6.97. The lowest BCUT2D eigenvalue weighted by molar-refractivity contribution is -0.134. The molecule has 2 fully saturated rings. The fourth-order valence-corrected chi connectivity index (χ4v) is 4.63. The maximum Gasteiger partial charge on any atom is 0.494 e. The molecule has 2 aliphatic heterocycles. The third-order valence-electron chi connectivity index (χ3n) is 7.39. The van der Waals surface area contributed by atoms with Crippen molar-refractivity contribution < 1.29 is 24.0 Å². The van der Waals surface area contributed by atoms with Gasteiger partial charge in [0, 0.05) is 19.5 Å². The molecule has 2 saturated heterocycles. The molecule has 3 heterocycles. The molecule has 1 aromatic heterocycles. The van der Waals surface area contributed by atoms with Gasteiger partial charge in [0.15, 0.2) is 0 Å². The normalized spacial score (nSPS) is 21.8. The smallest absolute Gasteiger partial charge is 0.465 e. The zero-order chi connectivity index (χ0) is 25.4. The molecule has 0 saturated carbocycles. The summed E-state index contributed by atoms with van der Waals surface area (Å²) in [6.07, 6.45) is 4.48. The van der Waals surface area contributed by atoms with E-state index in [1.807, 2.05) is 70.0 Å². The van der Waals surface area contributed by atoms with Gasteiger partial charge in [-0.25, -0.2) is 9.78 Å². The lowest BCUT2D eigenvalue weighted by Crippen LogP contribution is -2.41. The highest BCUT2D eigenvalue weighted by Gasteiger charge is 2.51. The molecule has 2 amide bonds. The Labute approximate surface area is 207 Å². The summed E-state index contributed by atoms with van der Waals surface area (Å²) in [4.78, 5) is 30.1. The number of carbonyl (C=O) groups is 2. The second-order valence-corrected chi connectivity index (χ2v) is 10.6. The maximum absolute atomic E-state index is 13.0. The van der Waals surface area contributed by atoms with Crippen LogP contribution in [0.1, 0.15) is 60.0 Å². The van der Waals surface area contributed by atoms with E-state index in [9.17, 15) is 9.59 Å². The molecule has 0 radical (unpaired) electrons. The predicted molar refractivity (Wildman–Crippen MR) is 133 cm³/mol. The summed E-state index contributed by atoms with van der Waals surface area (Å²) in [6, 6.07) is 8.11. The topological polar surface area (TPSA) is 106 Å². The van der Waals surface area contributed by atoms with Crippen LogP contribution in [0.2, 0.25) is 0 Å². The maximum atomic E-state index is 13.0. The third-order valence-corrected chi connectivity index (χ3v) is 7.39. The van der Waals surface area contributed by atoms with E-state index in [1.54, 1.807) is 6.33 Å². The quantitative estimate of drug-likeness (QED) is 0.587. The molecule has 0 bridgehead atoms. The fraction of sp³-hybridized carbons (Fsp3) is 0.560. The zero-order valence-electron chi connectivity index (χ0n) is 21.2. The van der Waals surface area contributed by atoms with Crippen LogP contribution in [0.4, 0.5) is 4.79 Å². The Balaban J connectivity index is 1.47. The number of hydrogen-bond donors (Lipinski definition) is 2. The number of carboxylic acid groups (broad SMARTS) is 1. The number of rotatable bonds is 7. The van der Waals surface area contributed by atoms with Crippen LogP contribution in [0.25, 0.3) is 11.3 Å². The molecule has 0 spiro atoms. The molecular formula is C25H35BN4O5. The van der Waals surface area contributed by atoms with E-state index in [4.69, 9.17) is 14.4 Å². The van der Waals surface area contributed by atoms with Crippen molar-refractivity contribution in [2.45, 2.75) is 71.2 Å². The van der Waals surface area contributed by atoms with Gasteiger partial charge in [-0.1, -0.05) is 31.2 Å². The first kappa shape index (κ1) is 25.3. The summed E-state index contributed by atoms with van der Waals surface area (Å²) in [7, 11) is -0.417. The van der Waals surface area contributed by atoms with Gasteiger partial charge in [-0.15, -0.1) is 0 Å². The molecule has 35 heavy (non-hydrogen) atoms. The Hall–Kier alpha value is -2.85. The van der Waals surface area contributed by atoms with Crippen molar-refractivity contribution in [3.63, 3.8) is 0 Å². The van der Waals surface area contributed by atoms with Crippen LogP contribution in [-0.2, 0) is 14.1 Å². The summed E-state index contributed by atoms with van der Waals surface area (Å²) in [5.74, 6) is -0.0485. The highest BCUT2D eigenvalue weighted by Crippen LogP contribution is 2.37. The molecule has 2 unspecified atom stereocenters. The Bertz CT molecular complexity index is 1050. The highest BCUT2D eigenvalue weighted by atomic mass is 16.7. The largest absolute Gasteiger partial charge is 0.494 e. The van der Waals surface area contributed by atoms with E-state index in [1.165, 1.54) is 0 Å². The molecule has 9 nitrogen and oxygen atoms in total. The molecular weight excluding hydrogens is 447 g/mol. The van der Waals surface area contributed by atoms with E-state index in [0.717, 1.165) is 29.6 Å². The zero-order valence-corrected chi connectivity index (χ0v) is 21.2. The molecule has 2 N–H and O–H groups in total. The first-order chi connectivity index (χ1) is 16.5. The fourth-order valence-electron chi connectivity index (χ4n) is 4.63. The Morgan fingerprint density at radius 3 is 2.49 bits per heavy atom. The van der Waals surface area contributed by atoms with Gasteiger partial charge in [0.05, 0.1) is 29.4 Å². The van der Waals surface area contributed by atoms with Crippen LogP contribution in [0.15, 0.2) is 36.8 Å². The van der Waals surface area contributed by atoms with Crippen LogP contribution in [0, 0.1) is 5.92 Å². The number of nitrogens with zero attached hydrogens (tertiary/aromatic N) is 3. The van der Waals surface area contributed by atoms with E-state index in [2.05, 4.69) is 14.9 Å². The number of likely N-dealkylation sites (tertiary alicyclic amines) is 1. The Morgan fingerprint density at radius 1 is 1.20 bits per heavy atom. The van der Waals surface area contributed by atoms with Crippen molar-refractivity contribution in [2.24, 2.45) is 5.92 Å². The van der Waals surface area contributed by atoms with E-state index >= 15 is 0 Å². The van der Waals surface area contributed by atoms with Crippen LogP contribution in [-0.4, -0.2) is 63.0 Å². The summed E-state index contributed by atoms with van der Waals surface area (Å²) >= 11 is 0. The number of amides is 2. The van der Waals surface area contributed by atoms with Crippen LogP contribution < -0.4 is 10.8 Å². The van der Waals surface area contributed by atoms with Gasteiger partial charge in [-0.2, -0.15) is 0 Å². The van der Waals surface area contributed by atoms with Crippen molar-refractivity contribution in [1.82, 2.24) is 19.8 Å². The van der Waals surface area contributed by atoms with Crippen LogP contribution >= 0.6 is 0 Å². The second-order valence-electron chi connectivity index (χ2n) is 10.6. The van der Waals surface area contributed by atoms with Gasteiger partial charge >= 0.3 is 13.2 Å². The van der Waals surface area contributed by atoms with Gasteiger partial charge < -0.3 is 29.2 Å². The van der Waals surface area contributed by atoms with Crippen molar-refractivity contribution in [3.8, 4) is 11.3 Å². The van der Waals surface area contributed by atoms with Gasteiger partial charge in [-0.05, 0) is 57.5 Å². The number of imidazole rings is 1. The minimum atomic E-state index is -1.07. The third kappa shape index (κ3) is 5.23. The van der Waals surface area contributed by atoms with Crippen molar-refractivity contribution in [2.75, 3.05) is 13.1 Å². The monoisotopic (exact) mass is 482 g/mol. The molecule has 4 rings (SSSR count). The van der Waals surface area contributed by atoms with E-state index in [0.29, 0.717) is 13.0 Å². The average molecular weight is 482 g/mol. The average Bonchev–Trinajstić information content (AvgIpc) is 3.50. The number of aromatic nitrogens is 2. The van der Waals surface area contributed by atoms with Crippen LogP contribution in [0.3, 0.4) is 0 Å². The summed E-state index contributed by atoms with van der Waals surface area (Å²) < 4.78 is 14.4. The highest BCUT2D eigenvalue weighted by molar-refractivity contribution is 6.62. The number of carbonyl (C=O) groups excluding carboxylic acids is 1. The van der Waals surface area contributed by atoms with E-state index in [-0.39, 0.29) is 24.5 Å². The minimum Gasteiger partial charge on any atom is -0.465 e. The lowest BCUT2D eigenvalue weighted by Gasteiger charge is -2.32. The molecule has 2 aromatic rings. The summed E-state index contributed by atoms with van der Waals surface area (Å²) in [6.45, 7) is 11.0. The van der Waals surface area contributed by atoms with Gasteiger partial charge in [0.1, 0.15) is 6.17 Å². The van der Waals surface area contributed by atoms with Gasteiger partial charge in [0.2, 0.25) is 5.91 Å². The molecule has 0 aliphatic carbocycles. The van der Waals surface area contributed by atoms with Crippen LogP contribution in [0.5, 0.6) is 0 Å². The number of hydrogen-bond acceptors (Lipinski definition) is 5. The SMILES string of the molecule is CC(CNC(=O)O)CC(=O)N1CCCC1n1cncc1-c1ccc(B2OC(C)(C)C(C)(C)O2)cc1. The lowest BCUT2D eigenvalue weighted by atomic mass is 9.79. The summed E-state index contributed by atoms with van der Waals surface area (Å²) in [5.41, 5.74) is 2.11. The Morgan fingerprint density at radius 2 is 1.86 bits per heavy atom. The molecule has 2 atom stereocenters. The van der Waals surface area contributed by atoms with Crippen molar-refractivity contribution in [3.05, 3.63) is 36.8 Å². The molecule has 1 aromatic carbocycles. The summed E-state index contributed by atoms with van der Waals surface area (Å²) in [5, 5.41) is 11.2. The number of benzene rings is 1. The first-order valence-corrected chi connectivity index (χ1v) is 12.2. The van der Waals surface area contributed by atoms with E-state index < -0.39 is 24.4 Å². The van der Waals surface area contributed by atoms with Crippen molar-refractivity contribution in [1.29, 1.82) is 0 Å². The molecule has 2 aliphatic rings. The minimum absolute atomic E-state index is 0.0305. The standard InChI is InChI=1S/C25H35BN4O5/c1-17(14-28-23(32)33)13-22(31)29-12-6-7-21(29)30-16-27-15-20(30)18-8-10-19(11-9-18)26-34-24(2,3)25(4,5)35-26/h8-11,15-17,21,28H,6-7,12-14H2,1-5H3,(H,32,33). The van der Waals surface area contributed by atoms with Crippen molar-refractivity contribution >= 4 is 24.6 Å². The number of nitrogens with one attached hydrogen (secondary N) is 1. The second kappa shape index (κ2) is 9.66. The first-order valence-electron chi connectivity index (χ1n) is 12.2. The van der Waals surface area contributed by atoms with Gasteiger partial charge in [0.25, 0.3) is 0 Å².